The van der Waals surface area contributed by atoms with Crippen LogP contribution in [0.2, 0.25) is 0 Å². The zero-order valence-corrected chi connectivity index (χ0v) is 13.0. The van der Waals surface area contributed by atoms with Crippen LogP contribution in [0.1, 0.15) is 25.5 Å². The molecule has 1 aliphatic rings. The maximum atomic E-state index is 12.0. The van der Waals surface area contributed by atoms with Crippen LogP contribution < -0.4 is 11.1 Å². The number of primary amides is 1. The van der Waals surface area contributed by atoms with E-state index in [2.05, 4.69) is 11.4 Å². The Morgan fingerprint density at radius 3 is 2.77 bits per heavy atom. The molecule has 6 nitrogen and oxygen atoms in total. The summed E-state index contributed by atoms with van der Waals surface area (Å²) in [5.74, 6) is -0.640. The largest absolute Gasteiger partial charge is 0.468 e. The minimum atomic E-state index is -0.575. The highest BCUT2D eigenvalue weighted by atomic mass is 32.2. The van der Waals surface area contributed by atoms with Crippen molar-refractivity contribution in [1.29, 1.82) is 5.26 Å². The molecule has 1 atom stereocenters. The van der Waals surface area contributed by atoms with Gasteiger partial charge in [-0.2, -0.15) is 5.26 Å². The number of carbonyl (C=O) groups excluding carboxylic acids is 2. The standard InChI is InChI=1S/C15H15N3O3S/c1-8-13(9(2)19)14(11-4-3-5-21-11)10(6-16)15(18-8)22-7-12(17)20/h3-5,14,18H,7H2,1-2H3,(H2,17,20)/t14-/m1/s1. The Labute approximate surface area is 132 Å². The molecule has 3 N–H and O–H groups in total. The van der Waals surface area contributed by atoms with Gasteiger partial charge in [-0.25, -0.2) is 0 Å². The predicted molar refractivity (Wildman–Crippen MR) is 82.3 cm³/mol. The topological polar surface area (TPSA) is 109 Å². The Kier molecular flexibility index (Phi) is 4.73. The molecule has 0 aromatic carbocycles. The van der Waals surface area contributed by atoms with Gasteiger partial charge in [-0.3, -0.25) is 9.59 Å². The molecule has 1 aromatic heterocycles. The van der Waals surface area contributed by atoms with Crippen LogP contribution in [0, 0.1) is 11.3 Å². The number of hydrogen-bond acceptors (Lipinski definition) is 6. The van der Waals surface area contributed by atoms with Crippen LogP contribution in [0.15, 0.2) is 44.7 Å². The van der Waals surface area contributed by atoms with Gasteiger partial charge in [-0.05, 0) is 26.0 Å². The minimum Gasteiger partial charge on any atom is -0.468 e. The molecule has 114 valence electrons. The second kappa shape index (κ2) is 6.54. The molecule has 2 rings (SSSR count). The first-order valence-corrected chi connectivity index (χ1v) is 7.51. The number of hydrogen-bond donors (Lipinski definition) is 2. The lowest BCUT2D eigenvalue weighted by atomic mass is 9.84. The number of thioether (sulfide) groups is 1. The third-order valence-electron chi connectivity index (χ3n) is 3.21. The van der Waals surface area contributed by atoms with Crippen LogP contribution in [0.25, 0.3) is 0 Å². The summed E-state index contributed by atoms with van der Waals surface area (Å²) in [5, 5.41) is 13.1. The van der Waals surface area contributed by atoms with Gasteiger partial charge in [-0.15, -0.1) is 0 Å². The van der Waals surface area contributed by atoms with E-state index in [9.17, 15) is 14.9 Å². The second-order valence-corrected chi connectivity index (χ2v) is 5.76. The number of nitrogens with two attached hydrogens (primary N) is 1. The van der Waals surface area contributed by atoms with E-state index in [0.29, 0.717) is 27.6 Å². The molecule has 0 fully saturated rings. The van der Waals surface area contributed by atoms with E-state index in [-0.39, 0.29) is 11.5 Å². The second-order valence-electron chi connectivity index (χ2n) is 4.78. The van der Waals surface area contributed by atoms with Crippen molar-refractivity contribution in [2.75, 3.05) is 5.75 Å². The van der Waals surface area contributed by atoms with Gasteiger partial charge >= 0.3 is 0 Å². The maximum Gasteiger partial charge on any atom is 0.227 e. The molecule has 0 unspecified atom stereocenters. The fraction of sp³-hybridized carbons (Fsp3) is 0.267. The number of nitrogens with zero attached hydrogens (tertiary/aromatic N) is 1. The van der Waals surface area contributed by atoms with Crippen molar-refractivity contribution in [1.82, 2.24) is 5.32 Å². The number of furan rings is 1. The molecule has 0 aliphatic carbocycles. The first-order valence-electron chi connectivity index (χ1n) is 6.53. The van der Waals surface area contributed by atoms with E-state index >= 15 is 0 Å². The third kappa shape index (κ3) is 3.07. The highest BCUT2D eigenvalue weighted by molar-refractivity contribution is 8.03. The lowest BCUT2D eigenvalue weighted by Crippen LogP contribution is -2.27. The molecule has 2 heterocycles. The van der Waals surface area contributed by atoms with Crippen molar-refractivity contribution in [2.45, 2.75) is 19.8 Å². The highest BCUT2D eigenvalue weighted by Gasteiger charge is 2.34. The first-order chi connectivity index (χ1) is 10.5. The van der Waals surface area contributed by atoms with E-state index in [1.165, 1.54) is 13.2 Å². The van der Waals surface area contributed by atoms with Gasteiger partial charge in [0.1, 0.15) is 5.76 Å². The van der Waals surface area contributed by atoms with Crippen molar-refractivity contribution < 1.29 is 14.0 Å². The molecule has 22 heavy (non-hydrogen) atoms. The maximum absolute atomic E-state index is 12.0. The summed E-state index contributed by atoms with van der Waals surface area (Å²) < 4.78 is 5.41. The number of carbonyl (C=O) groups is 2. The van der Waals surface area contributed by atoms with Crippen LogP contribution in [0.4, 0.5) is 0 Å². The van der Waals surface area contributed by atoms with Gasteiger partial charge in [0.15, 0.2) is 5.78 Å². The Bertz CT molecular complexity index is 711. The summed E-state index contributed by atoms with van der Waals surface area (Å²) in [7, 11) is 0. The molecule has 1 aliphatic heterocycles. The Balaban J connectivity index is 2.52. The van der Waals surface area contributed by atoms with Crippen LogP contribution in [-0.4, -0.2) is 17.4 Å². The summed E-state index contributed by atoms with van der Waals surface area (Å²) in [6.45, 7) is 3.21. The predicted octanol–water partition coefficient (Wildman–Crippen LogP) is 1.78. The summed E-state index contributed by atoms with van der Waals surface area (Å²) in [6, 6.07) is 5.55. The summed E-state index contributed by atoms with van der Waals surface area (Å²) in [4.78, 5) is 23.0. The molecular formula is C15H15N3O3S. The Hall–Kier alpha value is -2.46. The highest BCUT2D eigenvalue weighted by Crippen LogP contribution is 2.40. The van der Waals surface area contributed by atoms with Crippen molar-refractivity contribution >= 4 is 23.5 Å². The van der Waals surface area contributed by atoms with Crippen LogP contribution >= 0.6 is 11.8 Å². The van der Waals surface area contributed by atoms with Gasteiger partial charge in [0.05, 0.1) is 34.6 Å². The number of nitrogens with one attached hydrogen (secondary N) is 1. The van der Waals surface area contributed by atoms with Crippen molar-refractivity contribution in [2.24, 2.45) is 5.73 Å². The molecule has 0 bridgehead atoms. The zero-order valence-electron chi connectivity index (χ0n) is 12.2. The van der Waals surface area contributed by atoms with Gasteiger partial charge in [0.25, 0.3) is 0 Å². The van der Waals surface area contributed by atoms with E-state index in [4.69, 9.17) is 10.2 Å². The van der Waals surface area contributed by atoms with Gasteiger partial charge < -0.3 is 15.5 Å². The average molecular weight is 317 g/mol. The number of dihydropyridines is 1. The fourth-order valence-electron chi connectivity index (χ4n) is 2.38. The lowest BCUT2D eigenvalue weighted by molar-refractivity contribution is -0.115. The van der Waals surface area contributed by atoms with Gasteiger partial charge in [0.2, 0.25) is 5.91 Å². The molecular weight excluding hydrogens is 302 g/mol. The lowest BCUT2D eigenvalue weighted by Gasteiger charge is -2.27. The molecule has 0 radical (unpaired) electrons. The van der Waals surface area contributed by atoms with Gasteiger partial charge in [0, 0.05) is 11.3 Å². The first kappa shape index (κ1) is 15.9. The third-order valence-corrected chi connectivity index (χ3v) is 4.25. The monoisotopic (exact) mass is 317 g/mol. The van der Waals surface area contributed by atoms with Crippen molar-refractivity contribution in [3.05, 3.63) is 46.0 Å². The molecule has 0 saturated carbocycles. The Morgan fingerprint density at radius 2 is 2.27 bits per heavy atom. The van der Waals surface area contributed by atoms with Crippen LogP contribution in [0.5, 0.6) is 0 Å². The van der Waals surface area contributed by atoms with E-state index in [1.807, 2.05) is 0 Å². The van der Waals surface area contributed by atoms with Crippen molar-refractivity contribution in [3.8, 4) is 6.07 Å². The van der Waals surface area contributed by atoms with E-state index < -0.39 is 11.8 Å². The zero-order chi connectivity index (χ0) is 16.3. The number of allylic oxidation sites excluding steroid dienone is 3. The van der Waals surface area contributed by atoms with Crippen LogP contribution in [-0.2, 0) is 9.59 Å². The van der Waals surface area contributed by atoms with Crippen LogP contribution in [0.3, 0.4) is 0 Å². The number of rotatable bonds is 5. The number of nitriles is 1. The molecule has 1 amide bonds. The SMILES string of the molecule is CC(=O)C1=C(C)NC(SCC(N)=O)=C(C#N)[C@@H]1c1ccco1. The van der Waals surface area contributed by atoms with E-state index in [0.717, 1.165) is 11.8 Å². The molecule has 0 saturated heterocycles. The number of ketones is 1. The summed E-state index contributed by atoms with van der Waals surface area (Å²) >= 11 is 1.14. The normalized spacial score (nSPS) is 18.0. The summed E-state index contributed by atoms with van der Waals surface area (Å²) in [6.07, 6.45) is 1.50. The number of amides is 1. The van der Waals surface area contributed by atoms with E-state index in [1.54, 1.807) is 19.1 Å². The van der Waals surface area contributed by atoms with Gasteiger partial charge in [-0.1, -0.05) is 11.8 Å². The average Bonchev–Trinajstić information content (AvgIpc) is 2.97. The van der Waals surface area contributed by atoms with Crippen molar-refractivity contribution in [3.63, 3.8) is 0 Å². The quantitative estimate of drug-likeness (QED) is 0.856. The minimum absolute atomic E-state index is 0.0427. The number of Topliss-reactive ketones (excluding diaryl/α,β-unsaturated/α-hetero) is 1. The smallest absolute Gasteiger partial charge is 0.227 e. The summed E-state index contributed by atoms with van der Waals surface area (Å²) in [5.41, 5.74) is 6.62. The fourth-order valence-corrected chi connectivity index (χ4v) is 3.21. The Morgan fingerprint density at radius 1 is 1.55 bits per heavy atom. The molecule has 1 aromatic rings. The molecule has 7 heteroatoms. The molecule has 0 spiro atoms.